The molecule has 0 bridgehead atoms. The average Bonchev–Trinajstić information content (AvgIpc) is 2.40. The maximum Gasteiger partial charge on any atom is 0.408 e. The molecule has 1 fully saturated rings. The summed E-state index contributed by atoms with van der Waals surface area (Å²) in [5.41, 5.74) is 0.913. The molecule has 1 heterocycles. The number of β-lactam (4-membered cyclic amide) rings is 1. The molecule has 1 aliphatic rings. The molecule has 5 heteroatoms. The van der Waals surface area contributed by atoms with Gasteiger partial charge in [0.1, 0.15) is 12.6 Å². The Labute approximate surface area is 112 Å². The van der Waals surface area contributed by atoms with Gasteiger partial charge >= 0.3 is 6.09 Å². The van der Waals surface area contributed by atoms with E-state index in [0.717, 1.165) is 5.56 Å². The van der Waals surface area contributed by atoms with E-state index >= 15 is 0 Å². The van der Waals surface area contributed by atoms with Crippen molar-refractivity contribution >= 4 is 12.0 Å². The van der Waals surface area contributed by atoms with Gasteiger partial charge in [0.05, 0.1) is 6.04 Å². The second-order valence-corrected chi connectivity index (χ2v) is 4.96. The first-order valence-electron chi connectivity index (χ1n) is 6.35. The fourth-order valence-corrected chi connectivity index (χ4v) is 2.00. The minimum absolute atomic E-state index is 0.0169. The van der Waals surface area contributed by atoms with Crippen LogP contribution in [0.2, 0.25) is 0 Å². The number of hydrogen-bond donors (Lipinski definition) is 2. The molecule has 0 aliphatic carbocycles. The van der Waals surface area contributed by atoms with Crippen LogP contribution in [0.15, 0.2) is 30.3 Å². The van der Waals surface area contributed by atoms with Crippen LogP contribution in [0.3, 0.4) is 0 Å². The van der Waals surface area contributed by atoms with Crippen molar-refractivity contribution in [3.05, 3.63) is 35.9 Å². The normalized spacial score (nSPS) is 21.5. The Balaban J connectivity index is 1.80. The smallest absolute Gasteiger partial charge is 0.408 e. The summed E-state index contributed by atoms with van der Waals surface area (Å²) in [5.74, 6) is 0.118. The van der Waals surface area contributed by atoms with Gasteiger partial charge in [0.25, 0.3) is 0 Å². The topological polar surface area (TPSA) is 67.4 Å². The summed E-state index contributed by atoms with van der Waals surface area (Å²) in [6.45, 7) is 4.19. The lowest BCUT2D eigenvalue weighted by Gasteiger charge is -2.39. The van der Waals surface area contributed by atoms with Gasteiger partial charge in [0.15, 0.2) is 0 Å². The summed E-state index contributed by atoms with van der Waals surface area (Å²) >= 11 is 0. The molecule has 19 heavy (non-hydrogen) atoms. The first-order chi connectivity index (χ1) is 9.08. The molecule has 1 aromatic rings. The molecule has 0 spiro atoms. The van der Waals surface area contributed by atoms with Gasteiger partial charge in [-0.05, 0) is 11.5 Å². The molecule has 2 N–H and O–H groups in total. The second-order valence-electron chi connectivity index (χ2n) is 4.96. The molecule has 0 saturated carbocycles. The number of alkyl carbamates (subject to hydrolysis) is 1. The number of amides is 2. The maximum absolute atomic E-state index is 11.6. The van der Waals surface area contributed by atoms with Crippen LogP contribution < -0.4 is 10.6 Å². The highest BCUT2D eigenvalue weighted by Crippen LogP contribution is 2.15. The highest BCUT2D eigenvalue weighted by molar-refractivity contribution is 5.92. The summed E-state index contributed by atoms with van der Waals surface area (Å²) in [7, 11) is 0. The Bertz CT molecular complexity index is 459. The number of benzene rings is 1. The molecule has 102 valence electrons. The van der Waals surface area contributed by atoms with E-state index in [2.05, 4.69) is 10.6 Å². The lowest BCUT2D eigenvalue weighted by Crippen LogP contribution is -2.70. The zero-order valence-electron chi connectivity index (χ0n) is 11.1. The van der Waals surface area contributed by atoms with Crippen LogP contribution in [0, 0.1) is 5.92 Å². The third-order valence-corrected chi connectivity index (χ3v) is 3.15. The monoisotopic (exact) mass is 262 g/mol. The molecule has 1 saturated heterocycles. The third-order valence-electron chi connectivity index (χ3n) is 3.15. The Morgan fingerprint density at radius 1 is 1.37 bits per heavy atom. The predicted molar refractivity (Wildman–Crippen MR) is 70.3 cm³/mol. The van der Waals surface area contributed by atoms with Crippen molar-refractivity contribution in [2.75, 3.05) is 0 Å². The first kappa shape index (κ1) is 13.4. The molecule has 2 amide bonds. The van der Waals surface area contributed by atoms with Gasteiger partial charge in [0, 0.05) is 0 Å². The zero-order valence-corrected chi connectivity index (χ0v) is 11.1. The summed E-state index contributed by atoms with van der Waals surface area (Å²) in [6.07, 6.45) is -0.561. The van der Waals surface area contributed by atoms with Gasteiger partial charge < -0.3 is 15.4 Å². The predicted octanol–water partition coefficient (Wildman–Crippen LogP) is 1.44. The molecule has 2 unspecified atom stereocenters. The van der Waals surface area contributed by atoms with Crippen LogP contribution in [0.1, 0.15) is 19.4 Å². The first-order valence-corrected chi connectivity index (χ1v) is 6.35. The van der Waals surface area contributed by atoms with Crippen LogP contribution in [0.5, 0.6) is 0 Å². The van der Waals surface area contributed by atoms with Crippen molar-refractivity contribution < 1.29 is 14.3 Å². The fourth-order valence-electron chi connectivity index (χ4n) is 2.00. The maximum atomic E-state index is 11.6. The van der Waals surface area contributed by atoms with Crippen LogP contribution in [0.25, 0.3) is 0 Å². The van der Waals surface area contributed by atoms with Crippen LogP contribution in [-0.2, 0) is 16.1 Å². The Kier molecular flexibility index (Phi) is 4.04. The Morgan fingerprint density at radius 2 is 2.05 bits per heavy atom. The van der Waals surface area contributed by atoms with Crippen molar-refractivity contribution in [1.29, 1.82) is 0 Å². The van der Waals surface area contributed by atoms with Crippen LogP contribution >= 0.6 is 0 Å². The van der Waals surface area contributed by atoms with Gasteiger partial charge in [-0.2, -0.15) is 0 Å². The van der Waals surface area contributed by atoms with Gasteiger partial charge in [-0.1, -0.05) is 44.2 Å². The lowest BCUT2D eigenvalue weighted by atomic mass is 9.89. The van der Waals surface area contributed by atoms with Gasteiger partial charge in [-0.15, -0.1) is 0 Å². The van der Waals surface area contributed by atoms with Crippen LogP contribution in [-0.4, -0.2) is 24.1 Å². The highest BCUT2D eigenvalue weighted by Gasteiger charge is 2.42. The van der Waals surface area contributed by atoms with E-state index in [1.165, 1.54) is 0 Å². The molecular formula is C14H18N2O3. The summed E-state index contributed by atoms with van der Waals surface area (Å²) < 4.78 is 5.08. The standard InChI is InChI=1S/C14H18N2O3/c1-9(2)11-12(13(17)15-11)16-14(18)19-8-10-6-4-3-5-7-10/h3-7,9,11-12H,8H2,1-2H3,(H,15,17)(H,16,18). The van der Waals surface area contributed by atoms with Crippen molar-refractivity contribution in [2.45, 2.75) is 32.5 Å². The number of ether oxygens (including phenoxy) is 1. The molecule has 2 rings (SSSR count). The minimum atomic E-state index is -0.561. The number of carbonyl (C=O) groups excluding carboxylic acids is 2. The number of carbonyl (C=O) groups is 2. The molecular weight excluding hydrogens is 244 g/mol. The Morgan fingerprint density at radius 3 is 2.63 bits per heavy atom. The molecule has 5 nitrogen and oxygen atoms in total. The van der Waals surface area contributed by atoms with Gasteiger partial charge in [-0.3, -0.25) is 4.79 Å². The van der Waals surface area contributed by atoms with Gasteiger partial charge in [-0.25, -0.2) is 4.79 Å². The molecule has 1 aromatic carbocycles. The summed E-state index contributed by atoms with van der Waals surface area (Å²) in [4.78, 5) is 23.0. The second kappa shape index (κ2) is 5.73. The third kappa shape index (κ3) is 3.24. The molecule has 1 aliphatic heterocycles. The van der Waals surface area contributed by atoms with Crippen molar-refractivity contribution in [3.63, 3.8) is 0 Å². The van der Waals surface area contributed by atoms with E-state index in [1.807, 2.05) is 44.2 Å². The lowest BCUT2D eigenvalue weighted by molar-refractivity contribution is -0.132. The fraction of sp³-hybridized carbons (Fsp3) is 0.429. The van der Waals surface area contributed by atoms with E-state index in [0.29, 0.717) is 0 Å². The van der Waals surface area contributed by atoms with E-state index < -0.39 is 12.1 Å². The molecule has 0 radical (unpaired) electrons. The van der Waals surface area contributed by atoms with E-state index in [1.54, 1.807) is 0 Å². The number of hydrogen-bond acceptors (Lipinski definition) is 3. The zero-order chi connectivity index (χ0) is 13.8. The van der Waals surface area contributed by atoms with Crippen molar-refractivity contribution in [2.24, 2.45) is 5.92 Å². The Hall–Kier alpha value is -2.04. The number of rotatable bonds is 4. The number of nitrogens with one attached hydrogen (secondary N) is 2. The van der Waals surface area contributed by atoms with Crippen molar-refractivity contribution in [3.8, 4) is 0 Å². The minimum Gasteiger partial charge on any atom is -0.445 e. The quantitative estimate of drug-likeness (QED) is 0.807. The van der Waals surface area contributed by atoms with Gasteiger partial charge in [0.2, 0.25) is 5.91 Å². The van der Waals surface area contributed by atoms with E-state index in [4.69, 9.17) is 4.74 Å². The van der Waals surface area contributed by atoms with E-state index in [-0.39, 0.29) is 24.5 Å². The molecule has 2 atom stereocenters. The highest BCUT2D eigenvalue weighted by atomic mass is 16.5. The van der Waals surface area contributed by atoms with E-state index in [9.17, 15) is 9.59 Å². The SMILES string of the molecule is CC(C)C1NC(=O)C1NC(=O)OCc1ccccc1. The largest absolute Gasteiger partial charge is 0.445 e. The molecule has 0 aromatic heterocycles. The van der Waals surface area contributed by atoms with Crippen LogP contribution in [0.4, 0.5) is 4.79 Å². The summed E-state index contributed by atoms with van der Waals surface area (Å²) in [6, 6.07) is 8.91. The van der Waals surface area contributed by atoms with Crippen molar-refractivity contribution in [1.82, 2.24) is 10.6 Å². The summed E-state index contributed by atoms with van der Waals surface area (Å²) in [5, 5.41) is 5.36. The average molecular weight is 262 g/mol.